The third-order valence-corrected chi connectivity index (χ3v) is 5.13. The quantitative estimate of drug-likeness (QED) is 0.721. The molecule has 0 aromatic heterocycles. The minimum atomic E-state index is -0.261. The Morgan fingerprint density at radius 3 is 2.23 bits per heavy atom. The van der Waals surface area contributed by atoms with Crippen molar-refractivity contribution >= 4 is 29.1 Å². The number of amides is 2. The zero-order valence-corrected chi connectivity index (χ0v) is 15.9. The molecule has 4 nitrogen and oxygen atoms in total. The predicted octanol–water partition coefficient (Wildman–Crippen LogP) is 4.12. The molecule has 0 radical (unpaired) electrons. The van der Waals surface area contributed by atoms with Gasteiger partial charge in [0.2, 0.25) is 0 Å². The van der Waals surface area contributed by atoms with Crippen LogP contribution in [-0.2, 0) is 15.3 Å². The Balaban J connectivity index is 1.89. The number of thioether (sulfide) groups is 1. The number of imide groups is 1. The highest BCUT2D eigenvalue weighted by atomic mass is 32.2. The third-order valence-electron chi connectivity index (χ3n) is 3.99. The van der Waals surface area contributed by atoms with Crippen molar-refractivity contribution in [2.45, 2.75) is 25.7 Å². The first-order valence-corrected chi connectivity index (χ1v) is 9.46. The van der Waals surface area contributed by atoms with Crippen LogP contribution in [0.1, 0.15) is 25.0 Å². The largest absolute Gasteiger partial charge is 0.491 e. The van der Waals surface area contributed by atoms with Gasteiger partial charge in [-0.05, 0) is 37.1 Å². The summed E-state index contributed by atoms with van der Waals surface area (Å²) in [6, 6.07) is 17.2. The average Bonchev–Trinajstić information content (AvgIpc) is 2.85. The molecular weight excluding hydrogens is 346 g/mol. The highest BCUT2D eigenvalue weighted by molar-refractivity contribution is 8.03. The molecule has 0 bridgehead atoms. The van der Waals surface area contributed by atoms with E-state index in [0.29, 0.717) is 16.2 Å². The van der Waals surface area contributed by atoms with E-state index >= 15 is 0 Å². The van der Waals surface area contributed by atoms with Gasteiger partial charge in [-0.2, -0.15) is 0 Å². The van der Waals surface area contributed by atoms with Gasteiger partial charge in [0.05, 0.1) is 16.6 Å². The van der Waals surface area contributed by atoms with E-state index in [0.717, 1.165) is 16.9 Å². The molecular formula is C21H21NO3S. The van der Waals surface area contributed by atoms with Crippen molar-refractivity contribution in [3.05, 3.63) is 70.6 Å². The van der Waals surface area contributed by atoms with Crippen LogP contribution in [-0.4, -0.2) is 29.9 Å². The van der Waals surface area contributed by atoms with E-state index in [9.17, 15) is 9.59 Å². The van der Waals surface area contributed by atoms with Gasteiger partial charge < -0.3 is 4.74 Å². The van der Waals surface area contributed by atoms with Crippen LogP contribution in [0.5, 0.6) is 5.75 Å². The number of ether oxygens (including phenoxy) is 1. The summed E-state index contributed by atoms with van der Waals surface area (Å²) in [4.78, 5) is 26.8. The summed E-state index contributed by atoms with van der Waals surface area (Å²) in [6.07, 6.45) is 0.0814. The van der Waals surface area contributed by atoms with Crippen LogP contribution >= 0.6 is 11.8 Å². The number of nitrogens with zero attached hydrogens (tertiary/aromatic N) is 1. The van der Waals surface area contributed by atoms with E-state index in [4.69, 9.17) is 4.74 Å². The van der Waals surface area contributed by atoms with Gasteiger partial charge in [-0.15, -0.1) is 11.8 Å². The van der Waals surface area contributed by atoms with Crippen LogP contribution in [0.3, 0.4) is 0 Å². The van der Waals surface area contributed by atoms with E-state index in [1.54, 1.807) is 0 Å². The molecule has 1 aliphatic heterocycles. The van der Waals surface area contributed by atoms with Crippen molar-refractivity contribution < 1.29 is 14.3 Å². The summed E-state index contributed by atoms with van der Waals surface area (Å²) >= 11 is 1.41. The average molecular weight is 367 g/mol. The van der Waals surface area contributed by atoms with Crippen LogP contribution in [0.15, 0.2) is 59.5 Å². The molecule has 0 atom stereocenters. The topological polar surface area (TPSA) is 46.6 Å². The molecule has 0 saturated heterocycles. The SMILES string of the molecule is CC(C)Oc1ccc(C2=C(SCc3ccccc3)C(=O)N(C)C2=O)cc1. The molecule has 1 heterocycles. The van der Waals surface area contributed by atoms with E-state index in [1.807, 2.05) is 68.4 Å². The van der Waals surface area contributed by atoms with Crippen LogP contribution < -0.4 is 4.74 Å². The van der Waals surface area contributed by atoms with Gasteiger partial charge in [0.1, 0.15) is 5.75 Å². The van der Waals surface area contributed by atoms with Crippen LogP contribution in [0.4, 0.5) is 0 Å². The number of benzene rings is 2. The van der Waals surface area contributed by atoms with Gasteiger partial charge in [0.25, 0.3) is 11.8 Å². The second kappa shape index (κ2) is 7.79. The van der Waals surface area contributed by atoms with Crippen molar-refractivity contribution in [1.29, 1.82) is 0 Å². The van der Waals surface area contributed by atoms with Crippen molar-refractivity contribution in [3.8, 4) is 5.75 Å². The highest BCUT2D eigenvalue weighted by Gasteiger charge is 2.36. The maximum Gasteiger partial charge on any atom is 0.267 e. The molecule has 2 amide bonds. The lowest BCUT2D eigenvalue weighted by Crippen LogP contribution is -2.26. The molecule has 5 heteroatoms. The van der Waals surface area contributed by atoms with Crippen LogP contribution in [0.25, 0.3) is 5.57 Å². The summed E-state index contributed by atoms with van der Waals surface area (Å²) < 4.78 is 5.65. The lowest BCUT2D eigenvalue weighted by molar-refractivity contribution is -0.134. The van der Waals surface area contributed by atoms with E-state index in [-0.39, 0.29) is 17.9 Å². The molecule has 3 rings (SSSR count). The fourth-order valence-electron chi connectivity index (χ4n) is 2.71. The normalized spacial score (nSPS) is 14.5. The number of likely N-dealkylation sites (N-methyl/N-ethyl adjacent to an activating group) is 1. The Morgan fingerprint density at radius 2 is 1.62 bits per heavy atom. The Labute approximate surface area is 157 Å². The molecule has 0 N–H and O–H groups in total. The van der Waals surface area contributed by atoms with E-state index in [2.05, 4.69) is 0 Å². The summed E-state index contributed by atoms with van der Waals surface area (Å²) in [5.41, 5.74) is 2.31. The van der Waals surface area contributed by atoms with Crippen molar-refractivity contribution in [3.63, 3.8) is 0 Å². The number of hydrogen-bond donors (Lipinski definition) is 0. The van der Waals surface area contributed by atoms with Gasteiger partial charge in [-0.1, -0.05) is 42.5 Å². The molecule has 1 aliphatic rings. The standard InChI is InChI=1S/C21H21NO3S/c1-14(2)25-17-11-9-16(10-12-17)18-19(21(24)22(3)20(18)23)26-13-15-7-5-4-6-8-15/h4-12,14H,13H2,1-3H3. The zero-order chi connectivity index (χ0) is 18.7. The van der Waals surface area contributed by atoms with Crippen molar-refractivity contribution in [1.82, 2.24) is 4.90 Å². The Morgan fingerprint density at radius 1 is 0.962 bits per heavy atom. The molecule has 26 heavy (non-hydrogen) atoms. The second-order valence-corrected chi connectivity index (χ2v) is 7.32. The Kier molecular flexibility index (Phi) is 5.47. The smallest absolute Gasteiger partial charge is 0.267 e. The highest BCUT2D eigenvalue weighted by Crippen LogP contribution is 2.37. The first-order valence-electron chi connectivity index (χ1n) is 8.48. The minimum absolute atomic E-state index is 0.0814. The van der Waals surface area contributed by atoms with Crippen molar-refractivity contribution in [2.75, 3.05) is 7.05 Å². The monoisotopic (exact) mass is 367 g/mol. The molecule has 0 unspecified atom stereocenters. The predicted molar refractivity (Wildman–Crippen MR) is 105 cm³/mol. The zero-order valence-electron chi connectivity index (χ0n) is 15.1. The number of hydrogen-bond acceptors (Lipinski definition) is 4. The van der Waals surface area contributed by atoms with Crippen LogP contribution in [0.2, 0.25) is 0 Å². The number of rotatable bonds is 6. The van der Waals surface area contributed by atoms with Gasteiger partial charge in [-0.3, -0.25) is 14.5 Å². The maximum absolute atomic E-state index is 12.6. The fourth-order valence-corrected chi connectivity index (χ4v) is 3.82. The first-order chi connectivity index (χ1) is 12.5. The van der Waals surface area contributed by atoms with Gasteiger partial charge in [-0.25, -0.2) is 0 Å². The molecule has 0 aliphatic carbocycles. The molecule has 0 spiro atoms. The van der Waals surface area contributed by atoms with Gasteiger partial charge in [0, 0.05) is 12.8 Å². The number of carbonyl (C=O) groups excluding carboxylic acids is 2. The first kappa shape index (κ1) is 18.3. The van der Waals surface area contributed by atoms with E-state index < -0.39 is 0 Å². The summed E-state index contributed by atoms with van der Waals surface area (Å²) in [7, 11) is 1.52. The molecule has 0 fully saturated rings. The third kappa shape index (κ3) is 3.83. The fraction of sp³-hybridized carbons (Fsp3) is 0.238. The van der Waals surface area contributed by atoms with Gasteiger partial charge >= 0.3 is 0 Å². The molecule has 2 aromatic carbocycles. The van der Waals surface area contributed by atoms with Crippen molar-refractivity contribution in [2.24, 2.45) is 0 Å². The Bertz CT molecular complexity index is 841. The molecule has 2 aromatic rings. The second-order valence-electron chi connectivity index (χ2n) is 6.34. The van der Waals surface area contributed by atoms with E-state index in [1.165, 1.54) is 23.7 Å². The maximum atomic E-state index is 12.6. The minimum Gasteiger partial charge on any atom is -0.491 e. The molecule has 0 saturated carbocycles. The summed E-state index contributed by atoms with van der Waals surface area (Å²) in [5.74, 6) is 0.880. The lowest BCUT2D eigenvalue weighted by Gasteiger charge is -2.10. The van der Waals surface area contributed by atoms with Crippen LogP contribution in [0, 0.1) is 0 Å². The molecule has 134 valence electrons. The summed E-state index contributed by atoms with van der Waals surface area (Å²) in [5, 5.41) is 0. The van der Waals surface area contributed by atoms with Gasteiger partial charge in [0.15, 0.2) is 0 Å². The summed E-state index contributed by atoms with van der Waals surface area (Å²) in [6.45, 7) is 3.92. The number of carbonyl (C=O) groups is 2. The lowest BCUT2D eigenvalue weighted by atomic mass is 10.1. The Hall–Kier alpha value is -2.53.